The summed E-state index contributed by atoms with van der Waals surface area (Å²) in [5.41, 5.74) is 1.34. The number of fused-ring (bicyclic) bond motifs is 1. The number of methoxy groups -OCH3 is 3. The third-order valence-corrected chi connectivity index (χ3v) is 5.05. The van der Waals surface area contributed by atoms with Crippen LogP contribution < -0.4 is 24.3 Å². The molecule has 0 saturated carbocycles. The van der Waals surface area contributed by atoms with Crippen molar-refractivity contribution in [2.75, 3.05) is 34.5 Å². The van der Waals surface area contributed by atoms with Crippen molar-refractivity contribution < 1.29 is 33.3 Å². The highest BCUT2D eigenvalue weighted by Crippen LogP contribution is 2.38. The average molecular weight is 462 g/mol. The number of carbonyl (C=O) groups excluding carboxylic acids is 2. The van der Waals surface area contributed by atoms with E-state index in [0.29, 0.717) is 52.4 Å². The fraction of sp³-hybridized carbons (Fsp3) is 0.304. The van der Waals surface area contributed by atoms with Crippen LogP contribution in [-0.4, -0.2) is 46.4 Å². The van der Waals surface area contributed by atoms with Gasteiger partial charge in [-0.15, -0.1) is 0 Å². The van der Waals surface area contributed by atoms with Crippen molar-refractivity contribution in [3.8, 4) is 23.0 Å². The molecule has 0 bridgehead atoms. The molecule has 1 amide bonds. The van der Waals surface area contributed by atoms with Crippen molar-refractivity contribution >= 4 is 29.6 Å². The highest BCUT2D eigenvalue weighted by Gasteiger charge is 2.20. The molecule has 0 aliphatic carbocycles. The normalized spacial score (nSPS) is 13.4. The number of hydrogen-bond donors (Lipinski definition) is 1. The number of benzene rings is 2. The molecule has 0 aromatic heterocycles. The van der Waals surface area contributed by atoms with Crippen molar-refractivity contribution in [1.82, 2.24) is 5.32 Å². The van der Waals surface area contributed by atoms with E-state index < -0.39 is 17.9 Å². The highest BCUT2D eigenvalue weighted by atomic mass is 35.5. The summed E-state index contributed by atoms with van der Waals surface area (Å²) in [7, 11) is 4.33. The molecule has 170 valence electrons. The topological polar surface area (TPSA) is 92.3 Å². The Hall–Kier alpha value is -3.39. The van der Waals surface area contributed by atoms with Crippen molar-refractivity contribution in [1.29, 1.82) is 0 Å². The minimum Gasteiger partial charge on any atom is -0.493 e. The van der Waals surface area contributed by atoms with Gasteiger partial charge >= 0.3 is 5.97 Å². The molecule has 0 saturated heterocycles. The Morgan fingerprint density at radius 1 is 1.09 bits per heavy atom. The monoisotopic (exact) mass is 461 g/mol. The molecule has 0 spiro atoms. The molecule has 1 heterocycles. The quantitative estimate of drug-likeness (QED) is 0.474. The van der Waals surface area contributed by atoms with Crippen molar-refractivity contribution in [3.05, 3.63) is 52.6 Å². The van der Waals surface area contributed by atoms with E-state index in [1.54, 1.807) is 36.4 Å². The molecule has 1 aliphatic rings. The lowest BCUT2D eigenvalue weighted by Gasteiger charge is -2.20. The minimum absolute atomic E-state index is 0.0542. The fourth-order valence-electron chi connectivity index (χ4n) is 3.19. The number of halogens is 1. The summed E-state index contributed by atoms with van der Waals surface area (Å²) in [4.78, 5) is 24.5. The predicted molar refractivity (Wildman–Crippen MR) is 119 cm³/mol. The summed E-state index contributed by atoms with van der Waals surface area (Å²) in [5.74, 6) is 1.17. The second kappa shape index (κ2) is 10.8. The van der Waals surface area contributed by atoms with Crippen LogP contribution in [0, 0.1) is 0 Å². The lowest BCUT2D eigenvalue weighted by molar-refractivity contribution is -0.141. The lowest BCUT2D eigenvalue weighted by Crippen LogP contribution is -2.29. The first-order valence-corrected chi connectivity index (χ1v) is 10.2. The predicted octanol–water partition coefficient (Wildman–Crippen LogP) is 3.56. The van der Waals surface area contributed by atoms with Crippen molar-refractivity contribution in [2.45, 2.75) is 12.5 Å². The van der Waals surface area contributed by atoms with E-state index in [4.69, 9.17) is 35.3 Å². The van der Waals surface area contributed by atoms with Crippen LogP contribution in [0.2, 0.25) is 5.02 Å². The van der Waals surface area contributed by atoms with Gasteiger partial charge in [0.05, 0.1) is 38.8 Å². The second-order valence-corrected chi connectivity index (χ2v) is 7.22. The summed E-state index contributed by atoms with van der Waals surface area (Å²) in [6.45, 7) is 0.861. The maximum absolute atomic E-state index is 12.6. The van der Waals surface area contributed by atoms with Gasteiger partial charge in [0.2, 0.25) is 5.91 Å². The SMILES string of the molecule is COC(=O)CC(NC(=O)/C=C/c1cc(Cl)c2c(c1)OCCO2)c1ccc(OC)c(OC)c1. The van der Waals surface area contributed by atoms with Gasteiger partial charge in [-0.05, 0) is 41.5 Å². The minimum atomic E-state index is -0.636. The Morgan fingerprint density at radius 2 is 1.84 bits per heavy atom. The number of carbonyl (C=O) groups is 2. The summed E-state index contributed by atoms with van der Waals surface area (Å²) in [6.07, 6.45) is 2.90. The maximum atomic E-state index is 12.6. The lowest BCUT2D eigenvalue weighted by atomic mass is 10.0. The molecule has 9 heteroatoms. The van der Waals surface area contributed by atoms with E-state index in [2.05, 4.69) is 5.32 Å². The molecule has 1 aliphatic heterocycles. The van der Waals surface area contributed by atoms with E-state index >= 15 is 0 Å². The molecule has 2 aromatic carbocycles. The second-order valence-electron chi connectivity index (χ2n) is 6.82. The number of ether oxygens (including phenoxy) is 5. The summed E-state index contributed by atoms with van der Waals surface area (Å²) in [6, 6.07) is 7.95. The Balaban J connectivity index is 1.78. The zero-order valence-electron chi connectivity index (χ0n) is 18.0. The Bertz CT molecular complexity index is 1020. The van der Waals surface area contributed by atoms with E-state index in [-0.39, 0.29) is 6.42 Å². The molecule has 32 heavy (non-hydrogen) atoms. The van der Waals surface area contributed by atoms with Crippen LogP contribution in [0.15, 0.2) is 36.4 Å². The van der Waals surface area contributed by atoms with Crippen LogP contribution in [-0.2, 0) is 14.3 Å². The van der Waals surface area contributed by atoms with Gasteiger partial charge in [-0.3, -0.25) is 9.59 Å². The van der Waals surface area contributed by atoms with Gasteiger partial charge < -0.3 is 29.0 Å². The van der Waals surface area contributed by atoms with Crippen LogP contribution in [0.1, 0.15) is 23.6 Å². The number of rotatable bonds is 8. The third-order valence-electron chi connectivity index (χ3n) is 4.77. The molecular weight excluding hydrogens is 438 g/mol. The Morgan fingerprint density at radius 3 is 2.56 bits per heavy atom. The van der Waals surface area contributed by atoms with Gasteiger partial charge in [0.1, 0.15) is 13.2 Å². The molecule has 2 aromatic rings. The molecule has 0 fully saturated rings. The molecule has 1 atom stereocenters. The van der Waals surface area contributed by atoms with Gasteiger partial charge in [0.15, 0.2) is 23.0 Å². The summed E-state index contributed by atoms with van der Waals surface area (Å²) >= 11 is 6.24. The van der Waals surface area contributed by atoms with E-state index in [1.807, 2.05) is 0 Å². The smallest absolute Gasteiger partial charge is 0.307 e. The molecule has 1 N–H and O–H groups in total. The number of nitrogens with one attached hydrogen (secondary N) is 1. The summed E-state index contributed by atoms with van der Waals surface area (Å²) < 4.78 is 26.4. The first-order valence-electron chi connectivity index (χ1n) is 9.81. The largest absolute Gasteiger partial charge is 0.493 e. The molecule has 3 rings (SSSR count). The Labute approximate surface area is 191 Å². The van der Waals surface area contributed by atoms with E-state index in [0.717, 1.165) is 0 Å². The van der Waals surface area contributed by atoms with Gasteiger partial charge in [-0.2, -0.15) is 0 Å². The van der Waals surface area contributed by atoms with Crippen LogP contribution >= 0.6 is 11.6 Å². The Kier molecular flexibility index (Phi) is 7.83. The first-order chi connectivity index (χ1) is 15.4. The number of esters is 1. The first kappa shape index (κ1) is 23.3. The average Bonchev–Trinajstić information content (AvgIpc) is 2.81. The van der Waals surface area contributed by atoms with Crippen LogP contribution in [0.25, 0.3) is 6.08 Å². The number of amides is 1. The van der Waals surface area contributed by atoms with E-state index in [1.165, 1.54) is 27.4 Å². The van der Waals surface area contributed by atoms with E-state index in [9.17, 15) is 9.59 Å². The molecule has 1 unspecified atom stereocenters. The van der Waals surface area contributed by atoms with Crippen molar-refractivity contribution in [2.24, 2.45) is 0 Å². The van der Waals surface area contributed by atoms with Crippen LogP contribution in [0.5, 0.6) is 23.0 Å². The molecule has 8 nitrogen and oxygen atoms in total. The zero-order valence-corrected chi connectivity index (χ0v) is 18.7. The maximum Gasteiger partial charge on any atom is 0.307 e. The summed E-state index contributed by atoms with van der Waals surface area (Å²) in [5, 5.41) is 3.22. The van der Waals surface area contributed by atoms with Crippen LogP contribution in [0.3, 0.4) is 0 Å². The van der Waals surface area contributed by atoms with Gasteiger partial charge in [-0.25, -0.2) is 0 Å². The van der Waals surface area contributed by atoms with Crippen LogP contribution in [0.4, 0.5) is 0 Å². The highest BCUT2D eigenvalue weighted by molar-refractivity contribution is 6.32. The van der Waals surface area contributed by atoms with Gasteiger partial charge in [0.25, 0.3) is 0 Å². The molecule has 0 radical (unpaired) electrons. The van der Waals surface area contributed by atoms with Gasteiger partial charge in [-0.1, -0.05) is 17.7 Å². The fourth-order valence-corrected chi connectivity index (χ4v) is 3.46. The third kappa shape index (κ3) is 5.64. The molecular formula is C23H24ClNO7. The van der Waals surface area contributed by atoms with Gasteiger partial charge in [0, 0.05) is 6.08 Å². The van der Waals surface area contributed by atoms with Crippen molar-refractivity contribution in [3.63, 3.8) is 0 Å². The standard InChI is InChI=1S/C23H24ClNO7/c1-28-18-6-5-15(12-19(18)29-2)17(13-22(27)30-3)25-21(26)7-4-14-10-16(24)23-20(11-14)31-8-9-32-23/h4-7,10-12,17H,8-9,13H2,1-3H3,(H,25,26)/b7-4+. The number of hydrogen-bond acceptors (Lipinski definition) is 7. The zero-order chi connectivity index (χ0) is 23.1.